The van der Waals surface area contributed by atoms with E-state index in [2.05, 4.69) is 10.3 Å². The number of nitrogens with two attached hydrogens (primary N) is 1. The molecule has 1 amide bonds. The Bertz CT molecular complexity index is 825. The van der Waals surface area contributed by atoms with Crippen molar-refractivity contribution in [1.29, 1.82) is 0 Å². The van der Waals surface area contributed by atoms with Gasteiger partial charge < -0.3 is 16.0 Å². The Kier molecular flexibility index (Phi) is 2.98. The second kappa shape index (κ2) is 4.49. The minimum Gasteiger partial charge on any atom is -0.399 e. The number of aromatic amines is 1. The van der Waals surface area contributed by atoms with Crippen molar-refractivity contribution in [2.75, 3.05) is 17.2 Å². The van der Waals surface area contributed by atoms with E-state index in [1.165, 1.54) is 0 Å². The minimum atomic E-state index is -3.06. The highest BCUT2D eigenvalue weighted by Crippen LogP contribution is 2.25. The number of fused-ring (bicyclic) bond motifs is 1. The average Bonchev–Trinajstić information content (AvgIpc) is 2.90. The third-order valence-electron chi connectivity index (χ3n) is 3.87. The highest BCUT2D eigenvalue weighted by Gasteiger charge is 2.39. The van der Waals surface area contributed by atoms with Crippen molar-refractivity contribution in [2.45, 2.75) is 18.9 Å². The van der Waals surface area contributed by atoms with Gasteiger partial charge in [-0.25, -0.2) is 8.42 Å². The van der Waals surface area contributed by atoms with E-state index in [0.717, 1.165) is 10.9 Å². The number of hydrogen-bond acceptors (Lipinski definition) is 4. The molecule has 1 saturated heterocycles. The Morgan fingerprint density at radius 1 is 1.43 bits per heavy atom. The normalized spacial score (nSPS) is 24.2. The molecule has 7 heteroatoms. The predicted octanol–water partition coefficient (Wildman–Crippen LogP) is 1.06. The molecule has 1 atom stereocenters. The van der Waals surface area contributed by atoms with Gasteiger partial charge >= 0.3 is 0 Å². The second-order valence-electron chi connectivity index (χ2n) is 5.86. The lowest BCUT2D eigenvalue weighted by atomic mass is 10.0. The fourth-order valence-electron chi connectivity index (χ4n) is 2.78. The van der Waals surface area contributed by atoms with Crippen molar-refractivity contribution in [3.8, 4) is 0 Å². The molecule has 3 rings (SSSR count). The summed E-state index contributed by atoms with van der Waals surface area (Å²) in [7, 11) is -3.06. The molecule has 0 bridgehead atoms. The molecule has 4 N–H and O–H groups in total. The summed E-state index contributed by atoms with van der Waals surface area (Å²) in [4.78, 5) is 15.5. The van der Waals surface area contributed by atoms with Gasteiger partial charge in [-0.3, -0.25) is 4.79 Å². The van der Waals surface area contributed by atoms with E-state index in [0.29, 0.717) is 17.7 Å². The third kappa shape index (κ3) is 2.61. The largest absolute Gasteiger partial charge is 0.399 e. The van der Waals surface area contributed by atoms with E-state index >= 15 is 0 Å². The van der Waals surface area contributed by atoms with Gasteiger partial charge in [0.25, 0.3) is 5.91 Å². The zero-order chi connectivity index (χ0) is 15.3. The minimum absolute atomic E-state index is 0.0176. The first-order valence-corrected chi connectivity index (χ1v) is 8.50. The molecule has 0 aliphatic carbocycles. The van der Waals surface area contributed by atoms with E-state index in [4.69, 9.17) is 5.73 Å². The number of amides is 1. The molecule has 2 heterocycles. The molecule has 2 aromatic rings. The molecule has 1 aromatic heterocycles. The van der Waals surface area contributed by atoms with Crippen LogP contribution in [0.15, 0.2) is 24.4 Å². The molecule has 1 aliphatic rings. The molecule has 1 unspecified atom stereocenters. The number of anilines is 1. The summed E-state index contributed by atoms with van der Waals surface area (Å²) < 4.78 is 23.2. The van der Waals surface area contributed by atoms with Crippen LogP contribution in [0.2, 0.25) is 0 Å². The average molecular weight is 307 g/mol. The SMILES string of the molecule is CC1(NC(=O)c2c[nH]c3ccc(N)cc23)CCS(=O)(=O)C1. The Balaban J connectivity index is 1.90. The molecular weight excluding hydrogens is 290 g/mol. The van der Waals surface area contributed by atoms with Crippen LogP contribution in [0.4, 0.5) is 5.69 Å². The highest BCUT2D eigenvalue weighted by atomic mass is 32.2. The quantitative estimate of drug-likeness (QED) is 0.721. The van der Waals surface area contributed by atoms with Crippen LogP contribution in [-0.4, -0.2) is 36.4 Å². The topological polar surface area (TPSA) is 105 Å². The molecule has 21 heavy (non-hydrogen) atoms. The van der Waals surface area contributed by atoms with Gasteiger partial charge in [0.1, 0.15) is 0 Å². The molecule has 1 aliphatic heterocycles. The maximum absolute atomic E-state index is 12.4. The van der Waals surface area contributed by atoms with Gasteiger partial charge in [-0.15, -0.1) is 0 Å². The lowest BCUT2D eigenvalue weighted by molar-refractivity contribution is 0.0917. The third-order valence-corrected chi connectivity index (χ3v) is 5.77. The van der Waals surface area contributed by atoms with E-state index in [9.17, 15) is 13.2 Å². The van der Waals surface area contributed by atoms with Gasteiger partial charge in [0.05, 0.1) is 22.6 Å². The monoisotopic (exact) mass is 307 g/mol. The Labute approximate surface area is 122 Å². The van der Waals surface area contributed by atoms with Crippen molar-refractivity contribution in [3.05, 3.63) is 30.0 Å². The van der Waals surface area contributed by atoms with Gasteiger partial charge in [-0.1, -0.05) is 0 Å². The fourth-order valence-corrected chi connectivity index (χ4v) is 4.87. The standard InChI is InChI=1S/C14H17N3O3S/c1-14(4-5-21(19,20)8-14)17-13(18)11-7-16-12-3-2-9(15)6-10(11)12/h2-3,6-7,16H,4-5,8,15H2,1H3,(H,17,18). The molecule has 1 fully saturated rings. The van der Waals surface area contributed by atoms with Crippen LogP contribution in [0.5, 0.6) is 0 Å². The summed E-state index contributed by atoms with van der Waals surface area (Å²) in [5.41, 5.74) is 6.91. The number of sulfone groups is 1. The number of aromatic nitrogens is 1. The first kappa shape index (κ1) is 13.9. The highest BCUT2D eigenvalue weighted by molar-refractivity contribution is 7.91. The molecular formula is C14H17N3O3S. The predicted molar refractivity (Wildman–Crippen MR) is 81.9 cm³/mol. The Morgan fingerprint density at radius 2 is 2.19 bits per heavy atom. The number of carbonyl (C=O) groups is 1. The lowest BCUT2D eigenvalue weighted by Crippen LogP contribution is -2.46. The molecule has 6 nitrogen and oxygen atoms in total. The summed E-state index contributed by atoms with van der Waals surface area (Å²) in [6, 6.07) is 5.29. The summed E-state index contributed by atoms with van der Waals surface area (Å²) in [6.07, 6.45) is 2.05. The van der Waals surface area contributed by atoms with Crippen LogP contribution >= 0.6 is 0 Å². The van der Waals surface area contributed by atoms with Crippen LogP contribution in [0.3, 0.4) is 0 Å². The van der Waals surface area contributed by atoms with Crippen LogP contribution in [0.1, 0.15) is 23.7 Å². The zero-order valence-electron chi connectivity index (χ0n) is 11.6. The second-order valence-corrected chi connectivity index (χ2v) is 8.05. The molecule has 0 radical (unpaired) electrons. The van der Waals surface area contributed by atoms with E-state index < -0.39 is 15.4 Å². The molecule has 0 saturated carbocycles. The van der Waals surface area contributed by atoms with Gasteiger partial charge in [-0.2, -0.15) is 0 Å². The first-order valence-electron chi connectivity index (χ1n) is 6.68. The number of carbonyl (C=O) groups excluding carboxylic acids is 1. The summed E-state index contributed by atoms with van der Waals surface area (Å²) in [5.74, 6) is -0.188. The summed E-state index contributed by atoms with van der Waals surface area (Å²) in [5, 5.41) is 3.58. The Hall–Kier alpha value is -2.02. The molecule has 112 valence electrons. The maximum atomic E-state index is 12.4. The number of H-pyrrole nitrogens is 1. The number of nitrogen functional groups attached to an aromatic ring is 1. The van der Waals surface area contributed by atoms with E-state index in [-0.39, 0.29) is 17.4 Å². The van der Waals surface area contributed by atoms with Crippen molar-refractivity contribution < 1.29 is 13.2 Å². The zero-order valence-corrected chi connectivity index (χ0v) is 12.5. The number of rotatable bonds is 2. The van der Waals surface area contributed by atoms with E-state index in [1.807, 2.05) is 6.07 Å². The fraction of sp³-hybridized carbons (Fsp3) is 0.357. The van der Waals surface area contributed by atoms with Gasteiger partial charge in [0, 0.05) is 22.8 Å². The van der Waals surface area contributed by atoms with Crippen LogP contribution < -0.4 is 11.1 Å². The van der Waals surface area contributed by atoms with Crippen molar-refractivity contribution >= 4 is 32.3 Å². The Morgan fingerprint density at radius 3 is 2.86 bits per heavy atom. The van der Waals surface area contributed by atoms with Crippen LogP contribution in [0.25, 0.3) is 10.9 Å². The lowest BCUT2D eigenvalue weighted by Gasteiger charge is -2.23. The van der Waals surface area contributed by atoms with E-state index in [1.54, 1.807) is 25.3 Å². The number of benzene rings is 1. The maximum Gasteiger partial charge on any atom is 0.253 e. The van der Waals surface area contributed by atoms with Gasteiger partial charge in [-0.05, 0) is 31.5 Å². The molecule has 1 aromatic carbocycles. The number of nitrogens with one attached hydrogen (secondary N) is 2. The summed E-state index contributed by atoms with van der Waals surface area (Å²) in [6.45, 7) is 1.76. The van der Waals surface area contributed by atoms with Crippen molar-refractivity contribution in [2.24, 2.45) is 0 Å². The van der Waals surface area contributed by atoms with Gasteiger partial charge in [0.2, 0.25) is 0 Å². The van der Waals surface area contributed by atoms with Crippen LogP contribution in [-0.2, 0) is 9.84 Å². The molecule has 0 spiro atoms. The first-order chi connectivity index (χ1) is 9.78. The summed E-state index contributed by atoms with van der Waals surface area (Å²) >= 11 is 0. The van der Waals surface area contributed by atoms with Gasteiger partial charge in [0.15, 0.2) is 9.84 Å². The van der Waals surface area contributed by atoms with Crippen LogP contribution in [0, 0.1) is 0 Å². The van der Waals surface area contributed by atoms with Crippen molar-refractivity contribution in [1.82, 2.24) is 10.3 Å². The van der Waals surface area contributed by atoms with Crippen molar-refractivity contribution in [3.63, 3.8) is 0 Å². The smallest absolute Gasteiger partial charge is 0.253 e. The number of hydrogen-bond donors (Lipinski definition) is 3.